The van der Waals surface area contributed by atoms with Crippen LogP contribution in [-0.4, -0.2) is 30.8 Å². The Hall–Kier alpha value is -3.22. The first-order chi connectivity index (χ1) is 13.4. The Bertz CT molecular complexity index is 908. The summed E-state index contributed by atoms with van der Waals surface area (Å²) < 4.78 is 16.8. The lowest BCUT2D eigenvalue weighted by atomic mass is 10.2. The number of anilines is 2. The minimum Gasteiger partial charge on any atom is -0.484 e. The van der Waals surface area contributed by atoms with Crippen LogP contribution in [0.15, 0.2) is 42.5 Å². The molecular formula is C21H22N2O5. The lowest BCUT2D eigenvalue weighted by Gasteiger charge is -2.16. The molecule has 1 saturated heterocycles. The van der Waals surface area contributed by atoms with Crippen LogP contribution in [0.4, 0.5) is 11.4 Å². The van der Waals surface area contributed by atoms with E-state index < -0.39 is 5.79 Å². The lowest BCUT2D eigenvalue weighted by molar-refractivity contribution is -0.118. The number of carbonyl (C=O) groups excluding carboxylic acids is 2. The van der Waals surface area contributed by atoms with Crippen molar-refractivity contribution in [1.29, 1.82) is 0 Å². The van der Waals surface area contributed by atoms with E-state index in [-0.39, 0.29) is 18.4 Å². The largest absolute Gasteiger partial charge is 0.484 e. The maximum absolute atomic E-state index is 12.2. The third-order valence-electron chi connectivity index (χ3n) is 4.53. The lowest BCUT2D eigenvalue weighted by Crippen LogP contribution is -2.29. The Morgan fingerprint density at radius 3 is 2.61 bits per heavy atom. The SMILES string of the molecule is CC1(C)Oc2ccc(NC(=O)COc3ccc(N4CCCC4=O)cc3)cc2O1. The molecule has 0 spiro atoms. The van der Waals surface area contributed by atoms with Crippen molar-refractivity contribution in [2.24, 2.45) is 0 Å². The molecule has 1 fully saturated rings. The Kier molecular flexibility index (Phi) is 4.58. The molecule has 0 atom stereocenters. The van der Waals surface area contributed by atoms with Gasteiger partial charge in [0.25, 0.3) is 5.91 Å². The molecule has 7 nitrogen and oxygen atoms in total. The minimum atomic E-state index is -0.708. The van der Waals surface area contributed by atoms with E-state index in [1.54, 1.807) is 35.2 Å². The topological polar surface area (TPSA) is 77.1 Å². The van der Waals surface area contributed by atoms with Crippen LogP contribution in [0, 0.1) is 0 Å². The van der Waals surface area contributed by atoms with E-state index >= 15 is 0 Å². The third kappa shape index (κ3) is 3.88. The van der Waals surface area contributed by atoms with Crippen LogP contribution in [0.25, 0.3) is 0 Å². The summed E-state index contributed by atoms with van der Waals surface area (Å²) in [6, 6.07) is 12.4. The second kappa shape index (κ2) is 7.07. The van der Waals surface area contributed by atoms with Crippen LogP contribution >= 0.6 is 0 Å². The zero-order valence-corrected chi connectivity index (χ0v) is 15.9. The highest BCUT2D eigenvalue weighted by atomic mass is 16.7. The summed E-state index contributed by atoms with van der Waals surface area (Å²) in [5, 5.41) is 2.78. The predicted molar refractivity (Wildman–Crippen MR) is 104 cm³/mol. The number of nitrogens with zero attached hydrogens (tertiary/aromatic N) is 1. The molecule has 2 aliphatic heterocycles. The van der Waals surface area contributed by atoms with E-state index in [0.717, 1.165) is 18.7 Å². The second-order valence-electron chi connectivity index (χ2n) is 7.25. The van der Waals surface area contributed by atoms with Crippen molar-refractivity contribution in [3.05, 3.63) is 42.5 Å². The fourth-order valence-electron chi connectivity index (χ4n) is 3.29. The van der Waals surface area contributed by atoms with Crippen molar-refractivity contribution in [3.8, 4) is 17.2 Å². The molecule has 28 heavy (non-hydrogen) atoms. The zero-order chi connectivity index (χ0) is 19.7. The molecular weight excluding hydrogens is 360 g/mol. The van der Waals surface area contributed by atoms with Crippen molar-refractivity contribution in [1.82, 2.24) is 0 Å². The van der Waals surface area contributed by atoms with Gasteiger partial charge in [-0.05, 0) is 42.8 Å². The summed E-state index contributed by atoms with van der Waals surface area (Å²) in [4.78, 5) is 25.7. The minimum absolute atomic E-state index is 0.123. The quantitative estimate of drug-likeness (QED) is 0.858. The van der Waals surface area contributed by atoms with Gasteiger partial charge in [0.1, 0.15) is 5.75 Å². The Balaban J connectivity index is 1.31. The molecule has 2 amide bonds. The number of hydrogen-bond donors (Lipinski definition) is 1. The summed E-state index contributed by atoms with van der Waals surface area (Å²) in [6.45, 7) is 4.27. The van der Waals surface area contributed by atoms with Crippen molar-refractivity contribution in [2.45, 2.75) is 32.5 Å². The molecule has 2 aliphatic rings. The van der Waals surface area contributed by atoms with E-state index in [9.17, 15) is 9.59 Å². The standard InChI is InChI=1S/C21H22N2O5/c1-21(2)27-17-10-5-14(12-18(17)28-21)22-19(24)13-26-16-8-6-15(7-9-16)23-11-3-4-20(23)25/h5-10,12H,3-4,11,13H2,1-2H3,(H,22,24). The molecule has 0 aliphatic carbocycles. The van der Waals surface area contributed by atoms with Crippen LogP contribution in [0.1, 0.15) is 26.7 Å². The number of amides is 2. The van der Waals surface area contributed by atoms with Gasteiger partial charge in [-0.2, -0.15) is 0 Å². The highest BCUT2D eigenvalue weighted by Gasteiger charge is 2.31. The van der Waals surface area contributed by atoms with E-state index in [1.807, 2.05) is 26.0 Å². The van der Waals surface area contributed by atoms with Crippen LogP contribution in [0.2, 0.25) is 0 Å². The molecule has 0 aromatic heterocycles. The van der Waals surface area contributed by atoms with Crippen molar-refractivity contribution in [3.63, 3.8) is 0 Å². The summed E-state index contributed by atoms with van der Waals surface area (Å²) in [5.74, 6) is 0.960. The second-order valence-corrected chi connectivity index (χ2v) is 7.25. The van der Waals surface area contributed by atoms with E-state index in [4.69, 9.17) is 14.2 Å². The van der Waals surface area contributed by atoms with Gasteiger partial charge in [0.15, 0.2) is 18.1 Å². The average molecular weight is 382 g/mol. The van der Waals surface area contributed by atoms with Crippen molar-refractivity contribution < 1.29 is 23.8 Å². The first-order valence-electron chi connectivity index (χ1n) is 9.25. The monoisotopic (exact) mass is 382 g/mol. The highest BCUT2D eigenvalue weighted by Crippen LogP contribution is 2.40. The molecule has 1 N–H and O–H groups in total. The molecule has 146 valence electrons. The summed E-state index contributed by atoms with van der Waals surface area (Å²) in [6.07, 6.45) is 1.48. The molecule has 2 aromatic rings. The maximum Gasteiger partial charge on any atom is 0.262 e. The fourth-order valence-corrected chi connectivity index (χ4v) is 3.29. The number of rotatable bonds is 5. The van der Waals surface area contributed by atoms with Crippen LogP contribution in [0.3, 0.4) is 0 Å². The summed E-state index contributed by atoms with van der Waals surface area (Å²) >= 11 is 0. The zero-order valence-electron chi connectivity index (χ0n) is 15.9. The number of ether oxygens (including phenoxy) is 3. The molecule has 2 heterocycles. The van der Waals surface area contributed by atoms with E-state index in [1.165, 1.54) is 0 Å². The Labute approximate surface area is 163 Å². The molecule has 0 unspecified atom stereocenters. The number of hydrogen-bond acceptors (Lipinski definition) is 5. The molecule has 0 radical (unpaired) electrons. The smallest absolute Gasteiger partial charge is 0.262 e. The van der Waals surface area contributed by atoms with Crippen molar-refractivity contribution >= 4 is 23.2 Å². The molecule has 7 heteroatoms. The van der Waals surface area contributed by atoms with Crippen LogP contribution in [-0.2, 0) is 9.59 Å². The van der Waals surface area contributed by atoms with Gasteiger partial charge < -0.3 is 24.4 Å². The van der Waals surface area contributed by atoms with Gasteiger partial charge in [-0.25, -0.2) is 0 Å². The van der Waals surface area contributed by atoms with Crippen molar-refractivity contribution in [2.75, 3.05) is 23.4 Å². The fraction of sp³-hybridized carbons (Fsp3) is 0.333. The Morgan fingerprint density at radius 1 is 1.14 bits per heavy atom. The molecule has 2 aromatic carbocycles. The highest BCUT2D eigenvalue weighted by molar-refractivity contribution is 5.95. The summed E-state index contributed by atoms with van der Waals surface area (Å²) in [5.41, 5.74) is 1.46. The van der Waals surface area contributed by atoms with Gasteiger partial charge in [-0.15, -0.1) is 0 Å². The predicted octanol–water partition coefficient (Wildman–Crippen LogP) is 3.34. The van der Waals surface area contributed by atoms with Gasteiger partial charge >= 0.3 is 0 Å². The first kappa shape index (κ1) is 18.2. The Morgan fingerprint density at radius 2 is 1.89 bits per heavy atom. The van der Waals surface area contributed by atoms with E-state index in [2.05, 4.69) is 5.32 Å². The number of fused-ring (bicyclic) bond motifs is 1. The van der Waals surface area contributed by atoms with Gasteiger partial charge in [0, 0.05) is 44.3 Å². The van der Waals surface area contributed by atoms with Crippen LogP contribution in [0.5, 0.6) is 17.2 Å². The summed E-state index contributed by atoms with van der Waals surface area (Å²) in [7, 11) is 0. The third-order valence-corrected chi connectivity index (χ3v) is 4.53. The molecule has 0 bridgehead atoms. The van der Waals surface area contributed by atoms with E-state index in [0.29, 0.717) is 29.4 Å². The number of benzene rings is 2. The average Bonchev–Trinajstić information content (AvgIpc) is 3.21. The van der Waals surface area contributed by atoms with Gasteiger partial charge in [-0.3, -0.25) is 9.59 Å². The first-order valence-corrected chi connectivity index (χ1v) is 9.25. The van der Waals surface area contributed by atoms with Gasteiger partial charge in [0.2, 0.25) is 11.7 Å². The normalized spacial score (nSPS) is 16.9. The van der Waals surface area contributed by atoms with Gasteiger partial charge in [-0.1, -0.05) is 0 Å². The van der Waals surface area contributed by atoms with Gasteiger partial charge in [0.05, 0.1) is 0 Å². The molecule has 0 saturated carbocycles. The number of nitrogens with one attached hydrogen (secondary N) is 1. The molecule has 4 rings (SSSR count). The number of carbonyl (C=O) groups is 2. The maximum atomic E-state index is 12.2. The van der Waals surface area contributed by atoms with Crippen LogP contribution < -0.4 is 24.4 Å².